The summed E-state index contributed by atoms with van der Waals surface area (Å²) in [6.45, 7) is 1.87. The fourth-order valence-electron chi connectivity index (χ4n) is 2.40. The van der Waals surface area contributed by atoms with Gasteiger partial charge in [0.2, 0.25) is 5.91 Å². The van der Waals surface area contributed by atoms with Gasteiger partial charge in [0, 0.05) is 21.9 Å². The first kappa shape index (κ1) is 18.6. The predicted molar refractivity (Wildman–Crippen MR) is 96.9 cm³/mol. The highest BCUT2D eigenvalue weighted by Crippen LogP contribution is 2.40. The second-order valence-corrected chi connectivity index (χ2v) is 7.32. The van der Waals surface area contributed by atoms with Crippen LogP contribution in [0, 0.1) is 6.92 Å². The normalized spacial score (nSPS) is 14.6. The maximum atomic E-state index is 13.5. The summed E-state index contributed by atoms with van der Waals surface area (Å²) in [5.74, 6) is -0.278. The van der Waals surface area contributed by atoms with E-state index in [2.05, 4.69) is 5.32 Å². The standard InChI is InChI=1S/C20H18F3NOS/c1-13-4-2-3-5-17(13)26-18-10-6-14(12-16(18)20(21,22)23)7-11-19(25)24-15-8-9-15/h2-7,10-12,15H,8-9H2,1H3,(H,24,25). The number of halogens is 3. The number of hydrogen-bond donors (Lipinski definition) is 1. The zero-order valence-electron chi connectivity index (χ0n) is 14.1. The molecule has 6 heteroatoms. The molecule has 2 nitrogen and oxygen atoms in total. The molecule has 2 aromatic rings. The van der Waals surface area contributed by atoms with Gasteiger partial charge < -0.3 is 5.32 Å². The third-order valence-electron chi connectivity index (χ3n) is 3.97. The molecule has 0 heterocycles. The summed E-state index contributed by atoms with van der Waals surface area (Å²) in [5.41, 5.74) is 0.569. The molecule has 0 spiro atoms. The van der Waals surface area contributed by atoms with E-state index >= 15 is 0 Å². The lowest BCUT2D eigenvalue weighted by molar-refractivity contribution is -0.139. The molecule has 136 valence electrons. The Morgan fingerprint density at radius 3 is 2.54 bits per heavy atom. The van der Waals surface area contributed by atoms with E-state index in [9.17, 15) is 18.0 Å². The Morgan fingerprint density at radius 2 is 1.88 bits per heavy atom. The van der Waals surface area contributed by atoms with E-state index in [1.54, 1.807) is 18.2 Å². The van der Waals surface area contributed by atoms with Crippen LogP contribution in [0.1, 0.15) is 29.5 Å². The summed E-state index contributed by atoms with van der Waals surface area (Å²) in [5, 5.41) is 2.77. The Kier molecular flexibility index (Phi) is 5.41. The molecule has 1 aliphatic carbocycles. The highest BCUT2D eigenvalue weighted by Gasteiger charge is 2.34. The van der Waals surface area contributed by atoms with Crippen LogP contribution in [-0.2, 0) is 11.0 Å². The van der Waals surface area contributed by atoms with Gasteiger partial charge in [-0.25, -0.2) is 0 Å². The lowest BCUT2D eigenvalue weighted by Crippen LogP contribution is -2.22. The van der Waals surface area contributed by atoms with E-state index < -0.39 is 11.7 Å². The van der Waals surface area contributed by atoms with Crippen molar-refractivity contribution in [3.63, 3.8) is 0 Å². The minimum absolute atomic E-state index is 0.145. The minimum Gasteiger partial charge on any atom is -0.350 e. The Morgan fingerprint density at radius 1 is 1.15 bits per heavy atom. The number of nitrogens with one attached hydrogen (secondary N) is 1. The van der Waals surface area contributed by atoms with Crippen molar-refractivity contribution in [3.05, 3.63) is 65.2 Å². The molecule has 0 aromatic heterocycles. The molecule has 1 saturated carbocycles. The zero-order chi connectivity index (χ0) is 18.7. The second kappa shape index (κ2) is 7.58. The van der Waals surface area contributed by atoms with Crippen molar-refractivity contribution in [2.45, 2.75) is 41.8 Å². The summed E-state index contributed by atoms with van der Waals surface area (Å²) in [7, 11) is 0. The number of rotatable bonds is 5. The molecule has 0 unspecified atom stereocenters. The van der Waals surface area contributed by atoms with Gasteiger partial charge in [0.1, 0.15) is 0 Å². The van der Waals surface area contributed by atoms with Crippen LogP contribution in [0.4, 0.5) is 13.2 Å². The molecule has 1 fully saturated rings. The Hall–Kier alpha value is -2.21. The first-order chi connectivity index (χ1) is 12.3. The SMILES string of the molecule is Cc1ccccc1Sc1ccc(C=CC(=O)NC2CC2)cc1C(F)(F)F. The van der Waals surface area contributed by atoms with Crippen molar-refractivity contribution in [1.29, 1.82) is 0 Å². The van der Waals surface area contributed by atoms with E-state index in [4.69, 9.17) is 0 Å². The van der Waals surface area contributed by atoms with Crippen LogP contribution < -0.4 is 5.32 Å². The van der Waals surface area contributed by atoms with E-state index in [-0.39, 0.29) is 16.8 Å². The Balaban J connectivity index is 1.84. The molecule has 26 heavy (non-hydrogen) atoms. The lowest BCUT2D eigenvalue weighted by atomic mass is 10.1. The van der Waals surface area contributed by atoms with Crippen molar-refractivity contribution in [1.82, 2.24) is 5.32 Å². The molecule has 0 aliphatic heterocycles. The molecule has 2 aromatic carbocycles. The van der Waals surface area contributed by atoms with Gasteiger partial charge in [0.05, 0.1) is 5.56 Å². The largest absolute Gasteiger partial charge is 0.417 e. The lowest BCUT2D eigenvalue weighted by Gasteiger charge is -2.14. The number of carbonyl (C=O) groups excluding carboxylic acids is 1. The number of alkyl halides is 3. The molecule has 0 bridgehead atoms. The maximum absolute atomic E-state index is 13.5. The van der Waals surface area contributed by atoms with Gasteiger partial charge >= 0.3 is 6.18 Å². The van der Waals surface area contributed by atoms with Crippen LogP contribution >= 0.6 is 11.8 Å². The van der Waals surface area contributed by atoms with Crippen LogP contribution in [0.5, 0.6) is 0 Å². The van der Waals surface area contributed by atoms with Crippen LogP contribution in [-0.4, -0.2) is 11.9 Å². The fourth-order valence-corrected chi connectivity index (χ4v) is 3.43. The molecule has 0 radical (unpaired) electrons. The zero-order valence-corrected chi connectivity index (χ0v) is 15.0. The number of carbonyl (C=O) groups is 1. The highest BCUT2D eigenvalue weighted by atomic mass is 32.2. The van der Waals surface area contributed by atoms with Gasteiger partial charge in [-0.3, -0.25) is 4.79 Å². The van der Waals surface area contributed by atoms with Gasteiger partial charge in [-0.15, -0.1) is 0 Å². The van der Waals surface area contributed by atoms with Gasteiger partial charge in [-0.2, -0.15) is 13.2 Å². The molecule has 1 N–H and O–H groups in total. The van der Waals surface area contributed by atoms with Crippen LogP contribution in [0.25, 0.3) is 6.08 Å². The second-order valence-electron chi connectivity index (χ2n) is 6.24. The van der Waals surface area contributed by atoms with Crippen LogP contribution in [0.15, 0.2) is 58.3 Å². The summed E-state index contributed by atoms with van der Waals surface area (Å²) in [6, 6.07) is 11.7. The number of aryl methyl sites for hydroxylation is 1. The summed E-state index contributed by atoms with van der Waals surface area (Å²) in [4.78, 5) is 12.6. The highest BCUT2D eigenvalue weighted by molar-refractivity contribution is 7.99. The molecule has 0 saturated heterocycles. The monoisotopic (exact) mass is 377 g/mol. The van der Waals surface area contributed by atoms with Crippen LogP contribution in [0.2, 0.25) is 0 Å². The quantitative estimate of drug-likeness (QED) is 0.702. The van der Waals surface area contributed by atoms with Crippen molar-refractivity contribution < 1.29 is 18.0 Å². The predicted octanol–water partition coefficient (Wildman–Crippen LogP) is 5.46. The smallest absolute Gasteiger partial charge is 0.350 e. The van der Waals surface area contributed by atoms with Gasteiger partial charge in [-0.05, 0) is 55.2 Å². The third kappa shape index (κ3) is 4.91. The van der Waals surface area contributed by atoms with E-state index in [1.165, 1.54) is 18.2 Å². The van der Waals surface area contributed by atoms with E-state index in [0.717, 1.165) is 41.1 Å². The number of hydrogen-bond acceptors (Lipinski definition) is 2. The van der Waals surface area contributed by atoms with E-state index in [0.29, 0.717) is 5.56 Å². The van der Waals surface area contributed by atoms with E-state index in [1.807, 2.05) is 19.1 Å². The van der Waals surface area contributed by atoms with Gasteiger partial charge in [-0.1, -0.05) is 36.0 Å². The fraction of sp³-hybridized carbons (Fsp3) is 0.250. The number of amides is 1. The van der Waals surface area contributed by atoms with Crippen molar-refractivity contribution in [2.24, 2.45) is 0 Å². The molecular formula is C20H18F3NOS. The summed E-state index contributed by atoms with van der Waals surface area (Å²) >= 11 is 1.09. The molecule has 1 amide bonds. The average Bonchev–Trinajstić information content (AvgIpc) is 3.39. The molecule has 0 atom stereocenters. The Labute approximate surface area is 154 Å². The molecular weight excluding hydrogens is 359 g/mol. The topological polar surface area (TPSA) is 29.1 Å². The van der Waals surface area contributed by atoms with Crippen molar-refractivity contribution in [2.75, 3.05) is 0 Å². The van der Waals surface area contributed by atoms with Crippen molar-refractivity contribution >= 4 is 23.7 Å². The average molecular weight is 377 g/mol. The van der Waals surface area contributed by atoms with Crippen molar-refractivity contribution in [3.8, 4) is 0 Å². The van der Waals surface area contributed by atoms with Gasteiger partial charge in [0.15, 0.2) is 0 Å². The van der Waals surface area contributed by atoms with Crippen LogP contribution in [0.3, 0.4) is 0 Å². The van der Waals surface area contributed by atoms with Gasteiger partial charge in [0.25, 0.3) is 0 Å². The molecule has 1 aliphatic rings. The summed E-state index contributed by atoms with van der Waals surface area (Å²) < 4.78 is 40.5. The first-order valence-electron chi connectivity index (χ1n) is 8.26. The first-order valence-corrected chi connectivity index (χ1v) is 9.08. The maximum Gasteiger partial charge on any atom is 0.417 e. The summed E-state index contributed by atoms with van der Waals surface area (Å²) in [6.07, 6.45) is 0.146. The third-order valence-corrected chi connectivity index (χ3v) is 5.23. The number of benzene rings is 2. The Bertz CT molecular complexity index is 841. The minimum atomic E-state index is -4.47. The molecule has 3 rings (SSSR count).